The molecule has 0 radical (unpaired) electrons. The topological polar surface area (TPSA) is 104 Å². The first-order valence-corrected chi connectivity index (χ1v) is 10.0. The number of para-hydroxylation sites is 1. The molecular formula is C19H20N2O5S. The van der Waals surface area contributed by atoms with Crippen LogP contribution in [0.15, 0.2) is 59.5 Å². The summed E-state index contributed by atoms with van der Waals surface area (Å²) in [6.45, 7) is 0.761. The maximum Gasteiger partial charge on any atom is 0.306 e. The monoisotopic (exact) mass is 388 g/mol. The van der Waals surface area contributed by atoms with Crippen LogP contribution in [0.3, 0.4) is 0 Å². The summed E-state index contributed by atoms with van der Waals surface area (Å²) in [7, 11) is -3.74. The van der Waals surface area contributed by atoms with Gasteiger partial charge in [0.15, 0.2) is 0 Å². The Kier molecular flexibility index (Phi) is 5.46. The molecule has 2 aromatic rings. The van der Waals surface area contributed by atoms with Gasteiger partial charge in [-0.1, -0.05) is 18.2 Å². The van der Waals surface area contributed by atoms with Crippen LogP contribution >= 0.6 is 0 Å². The second kappa shape index (κ2) is 7.79. The van der Waals surface area contributed by atoms with Crippen molar-refractivity contribution in [3.8, 4) is 0 Å². The van der Waals surface area contributed by atoms with Crippen molar-refractivity contribution in [3.05, 3.63) is 60.2 Å². The minimum absolute atomic E-state index is 0.0625. The Hall–Kier alpha value is -2.87. The molecule has 0 saturated carbocycles. The summed E-state index contributed by atoms with van der Waals surface area (Å²) >= 11 is 0. The van der Waals surface area contributed by atoms with E-state index in [1.54, 1.807) is 35.2 Å². The molecule has 0 aromatic heterocycles. The molecule has 2 N–H and O–H groups in total. The molecule has 0 bridgehead atoms. The molecule has 1 saturated heterocycles. The van der Waals surface area contributed by atoms with E-state index in [-0.39, 0.29) is 10.8 Å². The number of rotatable bonds is 5. The Bertz CT molecular complexity index is 918. The zero-order valence-corrected chi connectivity index (χ0v) is 15.4. The van der Waals surface area contributed by atoms with E-state index >= 15 is 0 Å². The molecule has 1 amide bonds. The number of carboxylic acid groups (broad SMARTS) is 1. The van der Waals surface area contributed by atoms with Gasteiger partial charge in [-0.15, -0.1) is 0 Å². The van der Waals surface area contributed by atoms with E-state index in [1.165, 1.54) is 24.3 Å². The molecule has 3 rings (SSSR count). The molecule has 1 heterocycles. The summed E-state index contributed by atoms with van der Waals surface area (Å²) in [4.78, 5) is 25.2. The number of aliphatic carboxylic acids is 1. The molecule has 0 aliphatic carbocycles. The number of sulfonamides is 1. The number of carboxylic acids is 1. The van der Waals surface area contributed by atoms with Crippen molar-refractivity contribution in [3.63, 3.8) is 0 Å². The number of hydrogen-bond acceptors (Lipinski definition) is 4. The minimum Gasteiger partial charge on any atom is -0.481 e. The number of likely N-dealkylation sites (tertiary alicyclic amines) is 1. The van der Waals surface area contributed by atoms with E-state index in [1.807, 2.05) is 0 Å². The zero-order valence-electron chi connectivity index (χ0n) is 14.5. The third-order valence-electron chi connectivity index (χ3n) is 4.57. The fourth-order valence-electron chi connectivity index (χ4n) is 3.01. The highest BCUT2D eigenvalue weighted by Gasteiger charge is 2.27. The predicted molar refractivity (Wildman–Crippen MR) is 100.0 cm³/mol. The van der Waals surface area contributed by atoms with E-state index in [0.717, 1.165) is 0 Å². The minimum atomic E-state index is -3.74. The standard InChI is InChI=1S/C19H20N2O5S/c22-18(21-12-10-15(11-13-21)19(23)24)14-6-8-17(9-7-14)27(25,26)20-16-4-2-1-3-5-16/h1-9,15,20H,10-13H2,(H,23,24). The number of carbonyl (C=O) groups is 2. The average Bonchev–Trinajstić information content (AvgIpc) is 2.68. The second-order valence-electron chi connectivity index (χ2n) is 6.40. The van der Waals surface area contributed by atoms with Gasteiger partial charge in [0.1, 0.15) is 0 Å². The highest BCUT2D eigenvalue weighted by Crippen LogP contribution is 2.21. The smallest absolute Gasteiger partial charge is 0.306 e. The number of amides is 1. The van der Waals surface area contributed by atoms with Crippen molar-refractivity contribution in [2.75, 3.05) is 17.8 Å². The van der Waals surface area contributed by atoms with E-state index in [4.69, 9.17) is 5.11 Å². The lowest BCUT2D eigenvalue weighted by atomic mass is 9.96. The van der Waals surface area contributed by atoms with Crippen LogP contribution < -0.4 is 4.72 Å². The molecule has 1 fully saturated rings. The largest absolute Gasteiger partial charge is 0.481 e. The van der Waals surface area contributed by atoms with Gasteiger partial charge in [0, 0.05) is 24.3 Å². The number of anilines is 1. The summed E-state index contributed by atoms with van der Waals surface area (Å²) < 4.78 is 27.3. The van der Waals surface area contributed by atoms with Gasteiger partial charge in [0.25, 0.3) is 15.9 Å². The van der Waals surface area contributed by atoms with Crippen LogP contribution in [0.25, 0.3) is 0 Å². The SMILES string of the molecule is O=C(O)C1CCN(C(=O)c2ccc(S(=O)(=O)Nc3ccccc3)cc2)CC1. The summed E-state index contributed by atoms with van der Waals surface area (Å²) in [6.07, 6.45) is 0.850. The highest BCUT2D eigenvalue weighted by molar-refractivity contribution is 7.92. The van der Waals surface area contributed by atoms with Crippen molar-refractivity contribution in [2.45, 2.75) is 17.7 Å². The first-order chi connectivity index (χ1) is 12.9. The molecular weight excluding hydrogens is 368 g/mol. The lowest BCUT2D eigenvalue weighted by Gasteiger charge is -2.30. The summed E-state index contributed by atoms with van der Waals surface area (Å²) in [6, 6.07) is 14.3. The van der Waals surface area contributed by atoms with Gasteiger partial charge >= 0.3 is 5.97 Å². The van der Waals surface area contributed by atoms with Gasteiger partial charge < -0.3 is 10.0 Å². The number of piperidine rings is 1. The van der Waals surface area contributed by atoms with Gasteiger partial charge in [-0.3, -0.25) is 14.3 Å². The molecule has 0 spiro atoms. The number of carbonyl (C=O) groups excluding carboxylic acids is 1. The average molecular weight is 388 g/mol. The Morgan fingerprint density at radius 3 is 2.11 bits per heavy atom. The van der Waals surface area contributed by atoms with Crippen molar-refractivity contribution in [1.82, 2.24) is 4.90 Å². The van der Waals surface area contributed by atoms with Crippen LogP contribution in [0.5, 0.6) is 0 Å². The Balaban J connectivity index is 1.68. The van der Waals surface area contributed by atoms with Gasteiger partial charge in [-0.2, -0.15) is 0 Å². The third-order valence-corrected chi connectivity index (χ3v) is 5.97. The molecule has 2 aromatic carbocycles. The Morgan fingerprint density at radius 1 is 0.963 bits per heavy atom. The molecule has 0 atom stereocenters. The predicted octanol–water partition coefficient (Wildman–Crippen LogP) is 2.42. The first-order valence-electron chi connectivity index (χ1n) is 8.57. The summed E-state index contributed by atoms with van der Waals surface area (Å²) in [5.74, 6) is -1.47. The van der Waals surface area contributed by atoms with Crippen LogP contribution in [-0.2, 0) is 14.8 Å². The summed E-state index contributed by atoms with van der Waals surface area (Å²) in [5.41, 5.74) is 0.835. The summed E-state index contributed by atoms with van der Waals surface area (Å²) in [5, 5.41) is 9.03. The second-order valence-corrected chi connectivity index (χ2v) is 8.08. The van der Waals surface area contributed by atoms with Gasteiger partial charge in [0.05, 0.1) is 10.8 Å². The highest BCUT2D eigenvalue weighted by atomic mass is 32.2. The van der Waals surface area contributed by atoms with Crippen molar-refractivity contribution < 1.29 is 23.1 Å². The van der Waals surface area contributed by atoms with Crippen LogP contribution in [0, 0.1) is 5.92 Å². The zero-order chi connectivity index (χ0) is 19.4. The van der Waals surface area contributed by atoms with E-state index in [0.29, 0.717) is 37.2 Å². The fourth-order valence-corrected chi connectivity index (χ4v) is 4.07. The Morgan fingerprint density at radius 2 is 1.56 bits per heavy atom. The van der Waals surface area contributed by atoms with Gasteiger partial charge in [0.2, 0.25) is 0 Å². The molecule has 27 heavy (non-hydrogen) atoms. The van der Waals surface area contributed by atoms with Crippen LogP contribution in [-0.4, -0.2) is 43.4 Å². The quantitative estimate of drug-likeness (QED) is 0.819. The van der Waals surface area contributed by atoms with Crippen LogP contribution in [0.2, 0.25) is 0 Å². The number of benzene rings is 2. The number of nitrogens with zero attached hydrogens (tertiary/aromatic N) is 1. The molecule has 1 aliphatic heterocycles. The van der Waals surface area contributed by atoms with Crippen LogP contribution in [0.1, 0.15) is 23.2 Å². The third kappa shape index (κ3) is 4.46. The van der Waals surface area contributed by atoms with E-state index < -0.39 is 21.9 Å². The van der Waals surface area contributed by atoms with Crippen molar-refractivity contribution in [1.29, 1.82) is 0 Å². The number of nitrogens with one attached hydrogen (secondary N) is 1. The molecule has 7 nitrogen and oxygen atoms in total. The van der Waals surface area contributed by atoms with E-state index in [2.05, 4.69) is 4.72 Å². The maximum atomic E-state index is 12.5. The Labute approximate surface area is 157 Å². The van der Waals surface area contributed by atoms with Crippen molar-refractivity contribution in [2.24, 2.45) is 5.92 Å². The van der Waals surface area contributed by atoms with Gasteiger partial charge in [-0.25, -0.2) is 8.42 Å². The first kappa shape index (κ1) is 18.9. The lowest BCUT2D eigenvalue weighted by molar-refractivity contribution is -0.143. The normalized spacial score (nSPS) is 15.3. The fraction of sp³-hybridized carbons (Fsp3) is 0.263. The van der Waals surface area contributed by atoms with Crippen LogP contribution in [0.4, 0.5) is 5.69 Å². The molecule has 142 valence electrons. The molecule has 8 heteroatoms. The van der Waals surface area contributed by atoms with Gasteiger partial charge in [-0.05, 0) is 49.2 Å². The maximum absolute atomic E-state index is 12.5. The number of hydrogen-bond donors (Lipinski definition) is 2. The lowest BCUT2D eigenvalue weighted by Crippen LogP contribution is -2.40. The molecule has 1 aliphatic rings. The van der Waals surface area contributed by atoms with E-state index in [9.17, 15) is 18.0 Å². The molecule has 0 unspecified atom stereocenters. The van der Waals surface area contributed by atoms with Crippen molar-refractivity contribution >= 4 is 27.6 Å².